The SMILES string of the molecule is CC/C(=N/Nc1ccccn1)c1ccc(OCC(=O)[O-])cc1. The predicted octanol–water partition coefficient (Wildman–Crippen LogP) is 1.44. The average Bonchev–Trinajstić information content (AvgIpc) is 2.55. The monoisotopic (exact) mass is 298 g/mol. The van der Waals surface area contributed by atoms with E-state index in [-0.39, 0.29) is 0 Å². The van der Waals surface area contributed by atoms with Crippen molar-refractivity contribution in [1.82, 2.24) is 4.98 Å². The summed E-state index contributed by atoms with van der Waals surface area (Å²) in [4.78, 5) is 14.5. The molecule has 0 amide bonds. The number of nitrogens with one attached hydrogen (secondary N) is 1. The Labute approximate surface area is 128 Å². The fourth-order valence-corrected chi connectivity index (χ4v) is 1.79. The molecule has 0 aliphatic carbocycles. The molecule has 0 unspecified atom stereocenters. The van der Waals surface area contributed by atoms with E-state index in [4.69, 9.17) is 4.74 Å². The van der Waals surface area contributed by atoms with Crippen LogP contribution in [0, 0.1) is 0 Å². The molecule has 2 aromatic rings. The number of aromatic nitrogens is 1. The summed E-state index contributed by atoms with van der Waals surface area (Å²) >= 11 is 0. The highest BCUT2D eigenvalue weighted by Gasteiger charge is 2.02. The lowest BCUT2D eigenvalue weighted by Crippen LogP contribution is -2.28. The number of carboxylic acid groups (broad SMARTS) is 1. The number of aliphatic carboxylic acids is 1. The first kappa shape index (κ1) is 15.5. The minimum Gasteiger partial charge on any atom is -0.546 e. The average molecular weight is 298 g/mol. The second-order valence-corrected chi connectivity index (χ2v) is 4.42. The van der Waals surface area contributed by atoms with Crippen LogP contribution in [0.3, 0.4) is 0 Å². The number of hydrogen-bond acceptors (Lipinski definition) is 6. The van der Waals surface area contributed by atoms with Crippen molar-refractivity contribution >= 4 is 17.5 Å². The summed E-state index contributed by atoms with van der Waals surface area (Å²) in [7, 11) is 0. The molecule has 0 aliphatic heterocycles. The van der Waals surface area contributed by atoms with Gasteiger partial charge in [-0.25, -0.2) is 4.98 Å². The maximum absolute atomic E-state index is 10.3. The van der Waals surface area contributed by atoms with Gasteiger partial charge in [0.05, 0.1) is 11.7 Å². The van der Waals surface area contributed by atoms with Crippen LogP contribution < -0.4 is 15.3 Å². The van der Waals surface area contributed by atoms with Crippen LogP contribution in [0.4, 0.5) is 5.82 Å². The lowest BCUT2D eigenvalue weighted by atomic mass is 10.1. The van der Waals surface area contributed by atoms with E-state index in [1.54, 1.807) is 18.3 Å². The second-order valence-electron chi connectivity index (χ2n) is 4.42. The molecule has 114 valence electrons. The van der Waals surface area contributed by atoms with Gasteiger partial charge in [-0.1, -0.05) is 13.0 Å². The van der Waals surface area contributed by atoms with Crippen LogP contribution in [0.25, 0.3) is 0 Å². The van der Waals surface area contributed by atoms with E-state index in [9.17, 15) is 9.90 Å². The van der Waals surface area contributed by atoms with Gasteiger partial charge in [0.15, 0.2) is 0 Å². The van der Waals surface area contributed by atoms with Crippen LogP contribution in [0.1, 0.15) is 18.9 Å². The van der Waals surface area contributed by atoms with Crippen molar-refractivity contribution in [2.24, 2.45) is 5.10 Å². The highest BCUT2D eigenvalue weighted by Crippen LogP contribution is 2.14. The van der Waals surface area contributed by atoms with Crippen molar-refractivity contribution in [1.29, 1.82) is 0 Å². The third-order valence-electron chi connectivity index (χ3n) is 2.85. The molecule has 0 fully saturated rings. The maximum atomic E-state index is 10.3. The van der Waals surface area contributed by atoms with Gasteiger partial charge >= 0.3 is 0 Å². The van der Waals surface area contributed by atoms with Crippen LogP contribution in [0.2, 0.25) is 0 Å². The van der Waals surface area contributed by atoms with Gasteiger partial charge in [-0.2, -0.15) is 5.10 Å². The Morgan fingerprint density at radius 3 is 2.64 bits per heavy atom. The minimum absolute atomic E-state index is 0.463. The van der Waals surface area contributed by atoms with Crippen molar-refractivity contribution in [3.8, 4) is 5.75 Å². The number of nitrogens with zero attached hydrogens (tertiary/aromatic N) is 2. The molecule has 6 nitrogen and oxygen atoms in total. The van der Waals surface area contributed by atoms with Crippen molar-refractivity contribution < 1.29 is 14.6 Å². The molecule has 1 N–H and O–H groups in total. The standard InChI is InChI=1S/C16H17N3O3/c1-2-14(18-19-15-5-3-4-10-17-15)12-6-8-13(9-7-12)22-11-16(20)21/h3-10H,2,11H2,1H3,(H,17,19)(H,20,21)/p-1/b18-14-. The predicted molar refractivity (Wildman–Crippen MR) is 81.6 cm³/mol. The quantitative estimate of drug-likeness (QED) is 0.617. The summed E-state index contributed by atoms with van der Waals surface area (Å²) in [6, 6.07) is 12.6. The van der Waals surface area contributed by atoms with Gasteiger partial charge in [0.1, 0.15) is 18.2 Å². The van der Waals surface area contributed by atoms with Crippen molar-refractivity contribution in [3.63, 3.8) is 0 Å². The minimum atomic E-state index is -1.25. The van der Waals surface area contributed by atoms with Gasteiger partial charge in [0, 0.05) is 6.20 Å². The van der Waals surface area contributed by atoms with Gasteiger partial charge in [-0.3, -0.25) is 5.43 Å². The molecule has 6 heteroatoms. The third-order valence-corrected chi connectivity index (χ3v) is 2.85. The lowest BCUT2D eigenvalue weighted by Gasteiger charge is -2.09. The first-order valence-corrected chi connectivity index (χ1v) is 6.85. The van der Waals surface area contributed by atoms with Crippen LogP contribution >= 0.6 is 0 Å². The number of ether oxygens (including phenoxy) is 1. The number of hydrazone groups is 1. The molecule has 1 aromatic heterocycles. The van der Waals surface area contributed by atoms with Crippen molar-refractivity contribution in [2.45, 2.75) is 13.3 Å². The van der Waals surface area contributed by atoms with Gasteiger partial charge < -0.3 is 14.6 Å². The topological polar surface area (TPSA) is 86.6 Å². The maximum Gasteiger partial charge on any atom is 0.146 e. The molecule has 0 spiro atoms. The summed E-state index contributed by atoms with van der Waals surface area (Å²) in [6.45, 7) is 1.54. The molecular formula is C16H16N3O3-. The molecular weight excluding hydrogens is 282 g/mol. The van der Waals surface area contributed by atoms with Crippen molar-refractivity contribution in [3.05, 3.63) is 54.2 Å². The molecule has 0 radical (unpaired) electrons. The van der Waals surface area contributed by atoms with Crippen LogP contribution in [-0.4, -0.2) is 23.3 Å². The van der Waals surface area contributed by atoms with E-state index in [0.29, 0.717) is 11.6 Å². The molecule has 2 rings (SSSR count). The van der Waals surface area contributed by atoms with E-state index in [2.05, 4.69) is 15.5 Å². The molecule has 0 bridgehead atoms. The van der Waals surface area contributed by atoms with Gasteiger partial charge in [-0.15, -0.1) is 0 Å². The van der Waals surface area contributed by atoms with E-state index >= 15 is 0 Å². The Kier molecular flexibility index (Phi) is 5.48. The number of anilines is 1. The Hall–Kier alpha value is -2.89. The van der Waals surface area contributed by atoms with Crippen LogP contribution in [0.5, 0.6) is 5.75 Å². The summed E-state index contributed by atoms with van der Waals surface area (Å²) in [5.41, 5.74) is 4.69. The Morgan fingerprint density at radius 1 is 1.27 bits per heavy atom. The Balaban J connectivity index is 2.05. The smallest absolute Gasteiger partial charge is 0.146 e. The number of hydrogen-bond donors (Lipinski definition) is 1. The van der Waals surface area contributed by atoms with Crippen molar-refractivity contribution in [2.75, 3.05) is 12.0 Å². The third kappa shape index (κ3) is 4.59. The highest BCUT2D eigenvalue weighted by atomic mass is 16.5. The zero-order valence-electron chi connectivity index (χ0n) is 12.2. The summed E-state index contributed by atoms with van der Waals surface area (Å²) in [5.74, 6) is -0.108. The molecule has 0 aliphatic rings. The second kappa shape index (κ2) is 7.78. The first-order chi connectivity index (χ1) is 10.7. The number of carboxylic acids is 1. The van der Waals surface area contributed by atoms with Gasteiger partial charge in [0.25, 0.3) is 0 Å². The number of rotatable bonds is 7. The number of carbonyl (C=O) groups excluding carboxylic acids is 1. The van der Waals surface area contributed by atoms with E-state index in [1.165, 1.54) is 0 Å². The fraction of sp³-hybridized carbons (Fsp3) is 0.188. The van der Waals surface area contributed by atoms with Crippen LogP contribution in [-0.2, 0) is 4.79 Å². The van der Waals surface area contributed by atoms with E-state index < -0.39 is 12.6 Å². The Morgan fingerprint density at radius 2 is 2.05 bits per heavy atom. The fourth-order valence-electron chi connectivity index (χ4n) is 1.79. The zero-order chi connectivity index (χ0) is 15.8. The first-order valence-electron chi connectivity index (χ1n) is 6.85. The highest BCUT2D eigenvalue weighted by molar-refractivity contribution is 6.00. The summed E-state index contributed by atoms with van der Waals surface area (Å²) in [5, 5.41) is 14.7. The molecule has 1 aromatic carbocycles. The lowest BCUT2D eigenvalue weighted by molar-refractivity contribution is -0.307. The van der Waals surface area contributed by atoms with Gasteiger partial charge in [0.2, 0.25) is 0 Å². The summed E-state index contributed by atoms with van der Waals surface area (Å²) < 4.78 is 5.04. The summed E-state index contributed by atoms with van der Waals surface area (Å²) in [6.07, 6.45) is 2.42. The number of carbonyl (C=O) groups is 1. The number of benzene rings is 1. The van der Waals surface area contributed by atoms with Crippen LogP contribution in [0.15, 0.2) is 53.8 Å². The molecule has 0 saturated heterocycles. The number of pyridine rings is 1. The molecule has 22 heavy (non-hydrogen) atoms. The zero-order valence-corrected chi connectivity index (χ0v) is 12.2. The van der Waals surface area contributed by atoms with E-state index in [1.807, 2.05) is 37.3 Å². The van der Waals surface area contributed by atoms with E-state index in [0.717, 1.165) is 17.7 Å². The Bertz CT molecular complexity index is 639. The largest absolute Gasteiger partial charge is 0.546 e. The molecule has 1 heterocycles. The molecule has 0 atom stereocenters. The van der Waals surface area contributed by atoms with Gasteiger partial charge in [-0.05, 0) is 48.4 Å². The molecule has 0 saturated carbocycles. The normalized spacial score (nSPS) is 11.0.